The van der Waals surface area contributed by atoms with Crippen LogP contribution in [0.4, 0.5) is 10.7 Å². The summed E-state index contributed by atoms with van der Waals surface area (Å²) in [5.41, 5.74) is 3.95. The Kier molecular flexibility index (Phi) is 8.61. The number of nitrogens with one attached hydrogen (secondary N) is 3. The van der Waals surface area contributed by atoms with Crippen molar-refractivity contribution in [1.29, 1.82) is 0 Å². The fraction of sp³-hybridized carbons (Fsp3) is 0.440. The average Bonchev–Trinajstić information content (AvgIpc) is 2.99. The van der Waals surface area contributed by atoms with E-state index in [0.717, 1.165) is 21.6 Å². The molecule has 3 amide bonds. The van der Waals surface area contributed by atoms with E-state index in [9.17, 15) is 19.2 Å². The molecule has 1 heterocycles. The highest BCUT2D eigenvalue weighted by Crippen LogP contribution is 2.34. The molecule has 184 valence electrons. The molecule has 0 fully saturated rings. The largest absolute Gasteiger partial charge is 0.452 e. The Morgan fingerprint density at radius 2 is 1.50 bits per heavy atom. The maximum atomic E-state index is 12.7. The second kappa shape index (κ2) is 10.8. The standard InChI is InChI=1S/C25H33N3O5S/c1-13-9-14(2)21(15(3)10-13)27-18(29)11-26-19(30)12-33-23(31)20-16(4)17(5)34-22(20)28-24(32)25(6,7)8/h9-10H,11-12H2,1-8H3,(H,26,30)(H,27,29)(H,28,32). The second-order valence-electron chi connectivity index (χ2n) is 9.37. The van der Waals surface area contributed by atoms with E-state index in [1.54, 1.807) is 27.7 Å². The van der Waals surface area contributed by atoms with Gasteiger partial charge in [-0.05, 0) is 51.3 Å². The van der Waals surface area contributed by atoms with Crippen molar-refractivity contribution in [3.8, 4) is 0 Å². The van der Waals surface area contributed by atoms with Gasteiger partial charge in [0.25, 0.3) is 5.91 Å². The SMILES string of the molecule is Cc1cc(C)c(NC(=O)CNC(=O)COC(=O)c2c(NC(=O)C(C)(C)C)sc(C)c2C)c(C)c1. The van der Waals surface area contributed by atoms with E-state index in [0.29, 0.717) is 16.3 Å². The van der Waals surface area contributed by atoms with Gasteiger partial charge in [0.15, 0.2) is 6.61 Å². The van der Waals surface area contributed by atoms with Gasteiger partial charge in [-0.3, -0.25) is 14.4 Å². The maximum Gasteiger partial charge on any atom is 0.341 e. The van der Waals surface area contributed by atoms with Crippen molar-refractivity contribution < 1.29 is 23.9 Å². The van der Waals surface area contributed by atoms with Crippen molar-refractivity contribution in [2.45, 2.75) is 55.4 Å². The minimum Gasteiger partial charge on any atom is -0.452 e. The Labute approximate surface area is 204 Å². The molecule has 0 spiro atoms. The molecule has 0 radical (unpaired) electrons. The number of anilines is 2. The second-order valence-corrected chi connectivity index (χ2v) is 10.6. The molecular formula is C25H33N3O5S. The summed E-state index contributed by atoms with van der Waals surface area (Å²) in [5.74, 6) is -1.93. The van der Waals surface area contributed by atoms with E-state index < -0.39 is 23.9 Å². The van der Waals surface area contributed by atoms with Crippen LogP contribution in [0.5, 0.6) is 0 Å². The normalized spacial score (nSPS) is 11.1. The van der Waals surface area contributed by atoms with Gasteiger partial charge in [-0.1, -0.05) is 38.5 Å². The van der Waals surface area contributed by atoms with Gasteiger partial charge >= 0.3 is 5.97 Å². The lowest BCUT2D eigenvalue weighted by Crippen LogP contribution is -2.36. The van der Waals surface area contributed by atoms with Crippen molar-refractivity contribution in [3.63, 3.8) is 0 Å². The third kappa shape index (κ3) is 6.90. The Balaban J connectivity index is 1.94. The summed E-state index contributed by atoms with van der Waals surface area (Å²) in [4.78, 5) is 50.4. The number of amides is 3. The number of ether oxygens (including phenoxy) is 1. The van der Waals surface area contributed by atoms with Gasteiger partial charge in [-0.2, -0.15) is 0 Å². The molecular weight excluding hydrogens is 454 g/mol. The van der Waals surface area contributed by atoms with Crippen LogP contribution in [-0.2, 0) is 19.1 Å². The number of carbonyl (C=O) groups is 4. The molecule has 0 unspecified atom stereocenters. The Bertz CT molecular complexity index is 1110. The lowest BCUT2D eigenvalue weighted by Gasteiger charge is -2.17. The lowest BCUT2D eigenvalue weighted by molar-refractivity contribution is -0.126. The highest BCUT2D eigenvalue weighted by atomic mass is 32.1. The summed E-state index contributed by atoms with van der Waals surface area (Å²) >= 11 is 1.28. The van der Waals surface area contributed by atoms with Crippen LogP contribution in [0.15, 0.2) is 12.1 Å². The van der Waals surface area contributed by atoms with Crippen molar-refractivity contribution in [2.24, 2.45) is 5.41 Å². The highest BCUT2D eigenvalue weighted by molar-refractivity contribution is 7.16. The fourth-order valence-corrected chi connectivity index (χ4v) is 4.29. The molecule has 3 N–H and O–H groups in total. The minimum atomic E-state index is -0.712. The minimum absolute atomic E-state index is 0.231. The zero-order chi connectivity index (χ0) is 25.8. The molecule has 0 bridgehead atoms. The predicted molar refractivity (Wildman–Crippen MR) is 134 cm³/mol. The molecule has 8 nitrogen and oxygen atoms in total. The number of esters is 1. The van der Waals surface area contributed by atoms with E-state index in [1.165, 1.54) is 11.3 Å². The zero-order valence-corrected chi connectivity index (χ0v) is 21.8. The third-order valence-corrected chi connectivity index (χ3v) is 6.34. The summed E-state index contributed by atoms with van der Waals surface area (Å²) in [7, 11) is 0. The predicted octanol–water partition coefficient (Wildman–Crippen LogP) is 4.19. The number of carbonyl (C=O) groups excluding carboxylic acids is 4. The summed E-state index contributed by atoms with van der Waals surface area (Å²) in [6.45, 7) is 13.9. The summed E-state index contributed by atoms with van der Waals surface area (Å²) in [6, 6.07) is 3.93. The Morgan fingerprint density at radius 3 is 2.06 bits per heavy atom. The number of benzene rings is 1. The van der Waals surface area contributed by atoms with Crippen LogP contribution >= 0.6 is 11.3 Å². The molecule has 9 heteroatoms. The van der Waals surface area contributed by atoms with Crippen molar-refractivity contribution >= 4 is 45.7 Å². The molecule has 0 saturated carbocycles. The first-order valence-corrected chi connectivity index (χ1v) is 11.7. The van der Waals surface area contributed by atoms with Crippen LogP contribution in [0.25, 0.3) is 0 Å². The van der Waals surface area contributed by atoms with Gasteiger partial charge in [0.1, 0.15) is 5.00 Å². The van der Waals surface area contributed by atoms with Crippen LogP contribution in [-0.4, -0.2) is 36.8 Å². The smallest absolute Gasteiger partial charge is 0.341 e. The number of rotatable bonds is 7. The van der Waals surface area contributed by atoms with Gasteiger partial charge in [-0.25, -0.2) is 4.79 Å². The van der Waals surface area contributed by atoms with Crippen LogP contribution < -0.4 is 16.0 Å². The first-order valence-electron chi connectivity index (χ1n) is 10.9. The van der Waals surface area contributed by atoms with Gasteiger partial charge in [0.2, 0.25) is 11.8 Å². The summed E-state index contributed by atoms with van der Waals surface area (Å²) < 4.78 is 5.17. The summed E-state index contributed by atoms with van der Waals surface area (Å²) in [6.07, 6.45) is 0. The van der Waals surface area contributed by atoms with E-state index in [-0.39, 0.29) is 23.9 Å². The van der Waals surface area contributed by atoms with Crippen molar-refractivity contribution in [1.82, 2.24) is 5.32 Å². The molecule has 0 aliphatic carbocycles. The molecule has 0 aliphatic rings. The van der Waals surface area contributed by atoms with E-state index in [4.69, 9.17) is 4.74 Å². The maximum absolute atomic E-state index is 12.7. The number of hydrogen-bond acceptors (Lipinski definition) is 6. The van der Waals surface area contributed by atoms with Gasteiger partial charge in [-0.15, -0.1) is 11.3 Å². The zero-order valence-electron chi connectivity index (χ0n) is 21.0. The number of thiophene rings is 1. The Morgan fingerprint density at radius 1 is 0.912 bits per heavy atom. The lowest BCUT2D eigenvalue weighted by atomic mass is 9.96. The van der Waals surface area contributed by atoms with Crippen molar-refractivity contribution in [3.05, 3.63) is 44.8 Å². The van der Waals surface area contributed by atoms with Crippen LogP contribution in [0.3, 0.4) is 0 Å². The molecule has 0 saturated heterocycles. The average molecular weight is 488 g/mol. The fourth-order valence-electron chi connectivity index (χ4n) is 3.25. The van der Waals surface area contributed by atoms with Gasteiger partial charge in [0.05, 0.1) is 12.1 Å². The van der Waals surface area contributed by atoms with Crippen LogP contribution in [0, 0.1) is 40.0 Å². The first-order chi connectivity index (χ1) is 15.7. The van der Waals surface area contributed by atoms with E-state index in [2.05, 4.69) is 16.0 Å². The highest BCUT2D eigenvalue weighted by Gasteiger charge is 2.27. The quantitative estimate of drug-likeness (QED) is 0.507. The molecule has 1 aromatic carbocycles. The van der Waals surface area contributed by atoms with Gasteiger partial charge < -0.3 is 20.7 Å². The first kappa shape index (κ1) is 27.0. The molecule has 34 heavy (non-hydrogen) atoms. The Hall–Kier alpha value is -3.20. The topological polar surface area (TPSA) is 114 Å². The van der Waals surface area contributed by atoms with Crippen LogP contribution in [0.2, 0.25) is 0 Å². The van der Waals surface area contributed by atoms with Gasteiger partial charge in [0, 0.05) is 16.0 Å². The third-order valence-electron chi connectivity index (χ3n) is 5.22. The van der Waals surface area contributed by atoms with Crippen LogP contribution in [0.1, 0.15) is 58.3 Å². The monoisotopic (exact) mass is 487 g/mol. The molecule has 2 aromatic rings. The van der Waals surface area contributed by atoms with E-state index >= 15 is 0 Å². The summed E-state index contributed by atoms with van der Waals surface area (Å²) in [5, 5.41) is 8.42. The number of hydrogen-bond donors (Lipinski definition) is 3. The molecule has 1 aromatic heterocycles. The number of aryl methyl sites for hydroxylation is 4. The molecule has 2 rings (SSSR count). The molecule has 0 atom stereocenters. The van der Waals surface area contributed by atoms with Crippen molar-refractivity contribution in [2.75, 3.05) is 23.8 Å². The molecule has 0 aliphatic heterocycles. The van der Waals surface area contributed by atoms with E-state index in [1.807, 2.05) is 39.8 Å².